The number of aromatic nitrogens is 2. The van der Waals surface area contributed by atoms with Gasteiger partial charge in [-0.25, -0.2) is 9.97 Å². The second-order valence-corrected chi connectivity index (χ2v) is 5.70. The summed E-state index contributed by atoms with van der Waals surface area (Å²) in [6.45, 7) is -0.224. The first kappa shape index (κ1) is 13.0. The van der Waals surface area contributed by atoms with Gasteiger partial charge >= 0.3 is 0 Å². The minimum Gasteiger partial charge on any atom is -0.394 e. The molecule has 0 fully saturated rings. The molecular formula is C10H11ClN2O2S2. The summed E-state index contributed by atoms with van der Waals surface area (Å²) in [5, 5.41) is 21.1. The van der Waals surface area contributed by atoms with Gasteiger partial charge in [-0.1, -0.05) is 11.6 Å². The lowest BCUT2D eigenvalue weighted by molar-refractivity contribution is 0.113. The van der Waals surface area contributed by atoms with Crippen LogP contribution in [-0.4, -0.2) is 38.6 Å². The number of nitrogens with zero attached hydrogens (tertiary/aromatic N) is 2. The van der Waals surface area contributed by atoms with Gasteiger partial charge in [0.1, 0.15) is 15.8 Å². The van der Waals surface area contributed by atoms with E-state index in [0.29, 0.717) is 22.5 Å². The molecule has 0 radical (unpaired) electrons. The third-order valence-corrected chi connectivity index (χ3v) is 4.25. The van der Waals surface area contributed by atoms with Gasteiger partial charge in [0.25, 0.3) is 0 Å². The lowest BCUT2D eigenvalue weighted by Gasteiger charge is -2.06. The molecule has 0 bridgehead atoms. The number of halogens is 1. The zero-order valence-electron chi connectivity index (χ0n) is 8.84. The van der Waals surface area contributed by atoms with E-state index in [1.807, 2.05) is 11.4 Å². The number of fused-ring (bicyclic) bond motifs is 1. The predicted molar refractivity (Wildman–Crippen MR) is 71.7 cm³/mol. The lowest BCUT2D eigenvalue weighted by Crippen LogP contribution is -2.14. The van der Waals surface area contributed by atoms with E-state index in [9.17, 15) is 5.11 Å². The molecule has 92 valence electrons. The number of aliphatic hydroxyl groups is 2. The summed E-state index contributed by atoms with van der Waals surface area (Å²) < 4.78 is 0. The highest BCUT2D eigenvalue weighted by molar-refractivity contribution is 7.98. The van der Waals surface area contributed by atoms with Crippen molar-refractivity contribution >= 4 is 44.9 Å². The number of thioether (sulfide) groups is 1. The molecule has 2 heterocycles. The Bertz CT molecular complexity index is 506. The molecule has 0 amide bonds. The molecule has 0 aliphatic carbocycles. The highest BCUT2D eigenvalue weighted by atomic mass is 35.5. The Morgan fingerprint density at radius 2 is 2.29 bits per heavy atom. The Morgan fingerprint density at radius 3 is 3.06 bits per heavy atom. The van der Waals surface area contributed by atoms with Gasteiger partial charge < -0.3 is 10.2 Å². The van der Waals surface area contributed by atoms with Crippen LogP contribution in [0.5, 0.6) is 0 Å². The number of aliphatic hydroxyl groups excluding tert-OH is 2. The van der Waals surface area contributed by atoms with Gasteiger partial charge in [-0.2, -0.15) is 11.8 Å². The van der Waals surface area contributed by atoms with E-state index < -0.39 is 6.10 Å². The number of hydrogen-bond acceptors (Lipinski definition) is 6. The molecule has 0 saturated heterocycles. The zero-order valence-corrected chi connectivity index (χ0v) is 11.2. The topological polar surface area (TPSA) is 66.2 Å². The average molecular weight is 291 g/mol. The fraction of sp³-hybridized carbons (Fsp3) is 0.400. The van der Waals surface area contributed by atoms with Crippen molar-refractivity contribution in [2.24, 2.45) is 0 Å². The molecule has 1 atom stereocenters. The lowest BCUT2D eigenvalue weighted by atomic mass is 10.4. The van der Waals surface area contributed by atoms with Crippen molar-refractivity contribution < 1.29 is 10.2 Å². The van der Waals surface area contributed by atoms with Crippen LogP contribution in [0.1, 0.15) is 5.82 Å². The van der Waals surface area contributed by atoms with Crippen molar-refractivity contribution in [1.29, 1.82) is 0 Å². The maximum Gasteiger partial charge on any atom is 0.141 e. The Hall–Kier alpha value is -0.400. The van der Waals surface area contributed by atoms with E-state index in [4.69, 9.17) is 16.7 Å². The third-order valence-electron chi connectivity index (χ3n) is 2.08. The van der Waals surface area contributed by atoms with E-state index in [-0.39, 0.29) is 6.61 Å². The Balaban J connectivity index is 2.03. The molecule has 2 N–H and O–H groups in total. The normalized spacial score (nSPS) is 13.1. The summed E-state index contributed by atoms with van der Waals surface area (Å²) in [6, 6.07) is 1.90. The molecule has 0 saturated carbocycles. The summed E-state index contributed by atoms with van der Waals surface area (Å²) in [5.41, 5.74) is 0. The van der Waals surface area contributed by atoms with Crippen LogP contribution >= 0.6 is 34.7 Å². The van der Waals surface area contributed by atoms with Gasteiger partial charge in [-0.05, 0) is 11.4 Å². The highest BCUT2D eigenvalue weighted by Gasteiger charge is 2.08. The fourth-order valence-electron chi connectivity index (χ4n) is 1.26. The molecule has 1 unspecified atom stereocenters. The molecule has 2 aromatic rings. The second kappa shape index (κ2) is 5.97. The standard InChI is InChI=1S/C10H11ClN2O2S2/c11-9-7-1-2-17-10(7)13-8(12-9)5-16-4-6(15)3-14/h1-2,6,14-15H,3-5H2. The summed E-state index contributed by atoms with van der Waals surface area (Å²) in [7, 11) is 0. The van der Waals surface area contributed by atoms with Crippen LogP contribution in [0.4, 0.5) is 0 Å². The van der Waals surface area contributed by atoms with E-state index in [1.165, 1.54) is 23.1 Å². The van der Waals surface area contributed by atoms with Crippen LogP contribution < -0.4 is 0 Å². The maximum absolute atomic E-state index is 9.19. The number of thiophene rings is 1. The van der Waals surface area contributed by atoms with E-state index >= 15 is 0 Å². The molecular weight excluding hydrogens is 280 g/mol. The minimum absolute atomic E-state index is 0.224. The fourth-order valence-corrected chi connectivity index (χ4v) is 3.16. The molecule has 2 rings (SSSR count). The SMILES string of the molecule is OCC(O)CSCc1nc(Cl)c2ccsc2n1. The summed E-state index contributed by atoms with van der Waals surface area (Å²) in [6.07, 6.45) is -0.694. The van der Waals surface area contributed by atoms with Crippen molar-refractivity contribution in [1.82, 2.24) is 9.97 Å². The molecule has 0 aliphatic heterocycles. The van der Waals surface area contributed by atoms with Crippen LogP contribution in [0.25, 0.3) is 10.2 Å². The van der Waals surface area contributed by atoms with Crippen molar-refractivity contribution in [3.63, 3.8) is 0 Å². The second-order valence-electron chi connectivity index (χ2n) is 3.42. The molecule has 0 aromatic carbocycles. The van der Waals surface area contributed by atoms with Crippen LogP contribution in [0.15, 0.2) is 11.4 Å². The van der Waals surface area contributed by atoms with Gasteiger partial charge in [0, 0.05) is 11.1 Å². The largest absolute Gasteiger partial charge is 0.394 e. The van der Waals surface area contributed by atoms with Crippen molar-refractivity contribution in [2.75, 3.05) is 12.4 Å². The van der Waals surface area contributed by atoms with Crippen molar-refractivity contribution in [3.05, 3.63) is 22.4 Å². The number of hydrogen-bond donors (Lipinski definition) is 2. The Morgan fingerprint density at radius 1 is 1.47 bits per heavy atom. The molecule has 4 nitrogen and oxygen atoms in total. The summed E-state index contributed by atoms with van der Waals surface area (Å²) in [4.78, 5) is 9.45. The quantitative estimate of drug-likeness (QED) is 0.824. The van der Waals surface area contributed by atoms with Gasteiger partial charge in [-0.3, -0.25) is 0 Å². The summed E-state index contributed by atoms with van der Waals surface area (Å²) >= 11 is 9.02. The van der Waals surface area contributed by atoms with Crippen molar-refractivity contribution in [3.8, 4) is 0 Å². The third kappa shape index (κ3) is 3.29. The molecule has 0 aliphatic rings. The van der Waals surface area contributed by atoms with Gasteiger partial charge in [0.15, 0.2) is 0 Å². The van der Waals surface area contributed by atoms with E-state index in [2.05, 4.69) is 9.97 Å². The monoisotopic (exact) mass is 290 g/mol. The van der Waals surface area contributed by atoms with Gasteiger partial charge in [0.05, 0.1) is 18.5 Å². The molecule has 7 heteroatoms. The smallest absolute Gasteiger partial charge is 0.141 e. The van der Waals surface area contributed by atoms with Crippen molar-refractivity contribution in [2.45, 2.75) is 11.9 Å². The van der Waals surface area contributed by atoms with Crippen LogP contribution in [0, 0.1) is 0 Å². The minimum atomic E-state index is -0.694. The Kier molecular flexibility index (Phi) is 4.58. The first-order valence-corrected chi connectivity index (χ1v) is 7.38. The maximum atomic E-state index is 9.19. The van der Waals surface area contributed by atoms with Gasteiger partial charge in [0.2, 0.25) is 0 Å². The zero-order chi connectivity index (χ0) is 12.3. The van der Waals surface area contributed by atoms with Gasteiger partial charge in [-0.15, -0.1) is 11.3 Å². The van der Waals surface area contributed by atoms with Crippen LogP contribution in [0.3, 0.4) is 0 Å². The highest BCUT2D eigenvalue weighted by Crippen LogP contribution is 2.25. The van der Waals surface area contributed by atoms with E-state index in [1.54, 1.807) is 0 Å². The molecule has 2 aromatic heterocycles. The average Bonchev–Trinajstić information content (AvgIpc) is 2.77. The first-order valence-electron chi connectivity index (χ1n) is 4.97. The molecule has 17 heavy (non-hydrogen) atoms. The van der Waals surface area contributed by atoms with Crippen LogP contribution in [-0.2, 0) is 5.75 Å². The number of rotatable bonds is 5. The van der Waals surface area contributed by atoms with E-state index in [0.717, 1.165) is 10.2 Å². The Labute approximate surface area is 112 Å². The summed E-state index contributed by atoms with van der Waals surface area (Å²) in [5.74, 6) is 1.69. The first-order chi connectivity index (χ1) is 8.20. The predicted octanol–water partition coefficient (Wildman–Crippen LogP) is 1.93. The molecule has 0 spiro atoms. The van der Waals surface area contributed by atoms with Crippen LogP contribution in [0.2, 0.25) is 5.15 Å².